The number of nitrogens with zero attached hydrogens (tertiary/aromatic N) is 1. The summed E-state index contributed by atoms with van der Waals surface area (Å²) in [5.74, 6) is 0.718. The van der Waals surface area contributed by atoms with Crippen molar-refractivity contribution in [1.29, 1.82) is 0 Å². The number of methoxy groups -OCH3 is 1. The van der Waals surface area contributed by atoms with Gasteiger partial charge in [0.25, 0.3) is 11.5 Å². The second-order valence-corrected chi connectivity index (χ2v) is 6.48. The number of carbonyl (C=O) groups excluding carboxylic acids is 1. The molecule has 0 saturated carbocycles. The quantitative estimate of drug-likeness (QED) is 0.796. The van der Waals surface area contributed by atoms with Gasteiger partial charge in [-0.05, 0) is 55.2 Å². The number of aromatic nitrogens is 1. The molecule has 0 spiro atoms. The van der Waals surface area contributed by atoms with Gasteiger partial charge in [-0.1, -0.05) is 11.6 Å². The summed E-state index contributed by atoms with van der Waals surface area (Å²) in [7, 11) is 1.52. The largest absolute Gasteiger partial charge is 0.491 e. The van der Waals surface area contributed by atoms with Crippen LogP contribution in [0.15, 0.2) is 35.3 Å². The summed E-state index contributed by atoms with van der Waals surface area (Å²) in [5, 5.41) is 0.398. The van der Waals surface area contributed by atoms with Crippen molar-refractivity contribution in [3.05, 3.63) is 57.0 Å². The van der Waals surface area contributed by atoms with Crippen molar-refractivity contribution in [2.75, 3.05) is 25.2 Å². The molecule has 0 radical (unpaired) electrons. The summed E-state index contributed by atoms with van der Waals surface area (Å²) >= 11 is 6.24. The van der Waals surface area contributed by atoms with E-state index < -0.39 is 0 Å². The van der Waals surface area contributed by atoms with Crippen LogP contribution in [0.1, 0.15) is 24.5 Å². The number of pyridine rings is 1. The Morgan fingerprint density at radius 2 is 2.22 bits per heavy atom. The Kier molecular flexibility index (Phi) is 5.86. The molecule has 142 valence electrons. The summed E-state index contributed by atoms with van der Waals surface area (Å²) in [5.41, 5.74) is 1.77. The fourth-order valence-electron chi connectivity index (χ4n) is 3.17. The first kappa shape index (κ1) is 19.0. The molecule has 2 heterocycles. The van der Waals surface area contributed by atoms with Crippen LogP contribution in [0.2, 0.25) is 5.02 Å². The molecule has 6 nitrogen and oxygen atoms in total. The number of halogens is 1. The highest BCUT2D eigenvalue weighted by atomic mass is 35.5. The molecule has 1 aromatic carbocycles. The number of ether oxygens (including phenoxy) is 2. The smallest absolute Gasteiger partial charge is 0.272 e. The Hall–Kier alpha value is -2.73. The molecule has 2 aromatic rings. The third kappa shape index (κ3) is 4.01. The lowest BCUT2D eigenvalue weighted by molar-refractivity contribution is -0.114. The second-order valence-electron chi connectivity index (χ2n) is 6.07. The summed E-state index contributed by atoms with van der Waals surface area (Å²) in [6.07, 6.45) is 6.31. The standard InChI is InChI=1S/C20H21ClN2O4/c1-3-27-16-12-13(11-15(21)19(16)26-2)6-7-17(24)23-10-4-5-14-8-9-22-20(25)18(14)23/h6-9,11-12H,3-5,10H2,1-2H3,(H,22,25). The molecule has 1 aliphatic rings. The first-order valence-electron chi connectivity index (χ1n) is 8.75. The minimum Gasteiger partial charge on any atom is -0.491 e. The van der Waals surface area contributed by atoms with Gasteiger partial charge in [-0.2, -0.15) is 0 Å². The fourth-order valence-corrected chi connectivity index (χ4v) is 3.47. The highest BCUT2D eigenvalue weighted by molar-refractivity contribution is 6.32. The Bertz CT molecular complexity index is 936. The third-order valence-corrected chi connectivity index (χ3v) is 4.62. The van der Waals surface area contributed by atoms with Crippen molar-refractivity contribution in [2.45, 2.75) is 19.8 Å². The number of benzene rings is 1. The van der Waals surface area contributed by atoms with Crippen LogP contribution in [0.25, 0.3) is 6.08 Å². The van der Waals surface area contributed by atoms with E-state index in [1.54, 1.807) is 24.4 Å². The maximum Gasteiger partial charge on any atom is 0.272 e. The molecular formula is C20H21ClN2O4. The summed E-state index contributed by atoms with van der Waals surface area (Å²) in [6, 6.07) is 5.30. The number of hydrogen-bond acceptors (Lipinski definition) is 4. The number of nitrogens with one attached hydrogen (secondary N) is 1. The van der Waals surface area contributed by atoms with Crippen LogP contribution in [0.5, 0.6) is 11.5 Å². The lowest BCUT2D eigenvalue weighted by atomic mass is 10.0. The van der Waals surface area contributed by atoms with E-state index in [1.165, 1.54) is 18.1 Å². The number of hydrogen-bond donors (Lipinski definition) is 1. The second kappa shape index (κ2) is 8.31. The number of amides is 1. The number of carbonyl (C=O) groups is 1. The molecule has 0 unspecified atom stereocenters. The zero-order chi connectivity index (χ0) is 19.4. The van der Waals surface area contributed by atoms with Gasteiger partial charge in [-0.3, -0.25) is 9.59 Å². The molecule has 3 rings (SSSR count). The Morgan fingerprint density at radius 3 is 2.96 bits per heavy atom. The van der Waals surface area contributed by atoms with Gasteiger partial charge < -0.3 is 19.4 Å². The van der Waals surface area contributed by atoms with Gasteiger partial charge in [-0.25, -0.2) is 0 Å². The topological polar surface area (TPSA) is 71.6 Å². The van der Waals surface area contributed by atoms with Gasteiger partial charge in [-0.15, -0.1) is 0 Å². The number of aromatic amines is 1. The monoisotopic (exact) mass is 388 g/mol. The van der Waals surface area contributed by atoms with Gasteiger partial charge in [0.15, 0.2) is 11.5 Å². The van der Waals surface area contributed by atoms with Gasteiger partial charge in [0.2, 0.25) is 0 Å². The SMILES string of the molecule is CCOc1cc(C=CC(=O)N2CCCc3cc[nH]c(=O)c32)cc(Cl)c1OC. The maximum atomic E-state index is 12.7. The van der Waals surface area contributed by atoms with Crippen molar-refractivity contribution in [3.63, 3.8) is 0 Å². The van der Waals surface area contributed by atoms with E-state index in [9.17, 15) is 9.59 Å². The molecule has 0 bridgehead atoms. The Labute approximate surface area is 162 Å². The molecule has 1 aliphatic heterocycles. The number of fused-ring (bicyclic) bond motifs is 1. The van der Waals surface area contributed by atoms with Crippen molar-refractivity contribution < 1.29 is 14.3 Å². The van der Waals surface area contributed by atoms with E-state index in [1.807, 2.05) is 13.0 Å². The Morgan fingerprint density at radius 1 is 1.41 bits per heavy atom. The van der Waals surface area contributed by atoms with E-state index >= 15 is 0 Å². The number of aryl methyl sites for hydroxylation is 1. The zero-order valence-electron chi connectivity index (χ0n) is 15.3. The summed E-state index contributed by atoms with van der Waals surface area (Å²) in [6.45, 7) is 2.84. The minimum atomic E-state index is -0.252. The molecule has 0 fully saturated rings. The van der Waals surface area contributed by atoms with Gasteiger partial charge >= 0.3 is 0 Å². The van der Waals surface area contributed by atoms with E-state index in [0.717, 1.165) is 18.4 Å². The van der Waals surface area contributed by atoms with Crippen LogP contribution in [0.3, 0.4) is 0 Å². The first-order valence-corrected chi connectivity index (χ1v) is 9.13. The molecular weight excluding hydrogens is 368 g/mol. The predicted molar refractivity (Wildman–Crippen MR) is 106 cm³/mol. The lowest BCUT2D eigenvalue weighted by Crippen LogP contribution is -2.38. The number of H-pyrrole nitrogens is 1. The lowest BCUT2D eigenvalue weighted by Gasteiger charge is -2.27. The minimum absolute atomic E-state index is 0.250. The molecule has 0 atom stereocenters. The van der Waals surface area contributed by atoms with Crippen LogP contribution in [-0.2, 0) is 11.2 Å². The normalized spacial score (nSPS) is 13.5. The summed E-state index contributed by atoms with van der Waals surface area (Å²) in [4.78, 5) is 29.0. The van der Waals surface area contributed by atoms with Crippen molar-refractivity contribution in [1.82, 2.24) is 4.98 Å². The molecule has 1 amide bonds. The predicted octanol–water partition coefficient (Wildman–Crippen LogP) is 3.43. The zero-order valence-corrected chi connectivity index (χ0v) is 16.0. The number of anilines is 1. The molecule has 0 saturated heterocycles. The molecule has 7 heteroatoms. The number of rotatable bonds is 5. The average molecular weight is 389 g/mol. The van der Waals surface area contributed by atoms with E-state index in [-0.39, 0.29) is 11.5 Å². The Balaban J connectivity index is 1.88. The van der Waals surface area contributed by atoms with Crippen LogP contribution in [-0.4, -0.2) is 31.2 Å². The van der Waals surface area contributed by atoms with Crippen LogP contribution >= 0.6 is 11.6 Å². The van der Waals surface area contributed by atoms with Crippen molar-refractivity contribution in [2.24, 2.45) is 0 Å². The van der Waals surface area contributed by atoms with Crippen LogP contribution in [0.4, 0.5) is 5.69 Å². The van der Waals surface area contributed by atoms with Crippen LogP contribution in [0, 0.1) is 0 Å². The van der Waals surface area contributed by atoms with E-state index in [4.69, 9.17) is 21.1 Å². The summed E-state index contributed by atoms with van der Waals surface area (Å²) < 4.78 is 10.8. The van der Waals surface area contributed by atoms with E-state index in [0.29, 0.717) is 40.9 Å². The molecule has 27 heavy (non-hydrogen) atoms. The molecule has 1 aromatic heterocycles. The molecule has 0 aliphatic carbocycles. The third-order valence-electron chi connectivity index (χ3n) is 4.34. The molecule has 1 N–H and O–H groups in total. The highest BCUT2D eigenvalue weighted by Crippen LogP contribution is 2.36. The van der Waals surface area contributed by atoms with Gasteiger partial charge in [0.1, 0.15) is 5.69 Å². The van der Waals surface area contributed by atoms with Crippen LogP contribution < -0.4 is 19.9 Å². The highest BCUT2D eigenvalue weighted by Gasteiger charge is 2.23. The van der Waals surface area contributed by atoms with Crippen molar-refractivity contribution in [3.8, 4) is 11.5 Å². The van der Waals surface area contributed by atoms with E-state index in [2.05, 4.69) is 4.98 Å². The fraction of sp³-hybridized carbons (Fsp3) is 0.300. The average Bonchev–Trinajstić information content (AvgIpc) is 2.66. The van der Waals surface area contributed by atoms with Crippen molar-refractivity contribution >= 4 is 29.3 Å². The maximum absolute atomic E-state index is 12.7. The van der Waals surface area contributed by atoms with Gasteiger partial charge in [0, 0.05) is 18.8 Å². The first-order chi connectivity index (χ1) is 13.0. The van der Waals surface area contributed by atoms with Gasteiger partial charge in [0.05, 0.1) is 18.7 Å².